The molecule has 9 heteroatoms. The molecule has 0 bridgehead atoms. The molecule has 0 amide bonds. The largest absolute Gasteiger partial charge is 0.327 e. The van der Waals surface area contributed by atoms with Gasteiger partial charge in [-0.05, 0) is 0 Å². The molecule has 0 spiro atoms. The smallest absolute Gasteiger partial charge is 0.290 e. The van der Waals surface area contributed by atoms with Crippen LogP contribution in [0, 0.1) is 10.1 Å². The molecular weight excluding hydrogens is 278 g/mol. The van der Waals surface area contributed by atoms with Gasteiger partial charge < -0.3 is 0 Å². The lowest BCUT2D eigenvalue weighted by Gasteiger charge is -2.01. The van der Waals surface area contributed by atoms with E-state index in [1.165, 1.54) is 24.4 Å². The molecule has 0 radical (unpaired) electrons. The van der Waals surface area contributed by atoms with Crippen LogP contribution in [-0.4, -0.2) is 24.9 Å². The summed E-state index contributed by atoms with van der Waals surface area (Å²) in [5, 5.41) is 10.8. The van der Waals surface area contributed by atoms with Crippen LogP contribution >= 0.6 is 0 Å². The van der Waals surface area contributed by atoms with Gasteiger partial charge in [0.1, 0.15) is 0 Å². The SMILES string of the molecule is O=c1[nH]c(=O)c2nc(-c3cccc([N+](=O)[O-])c3)cnc2[nH]1. The Morgan fingerprint density at radius 2 is 2.00 bits per heavy atom. The maximum absolute atomic E-state index is 11.7. The molecule has 0 unspecified atom stereocenters. The number of rotatable bonds is 2. The van der Waals surface area contributed by atoms with Gasteiger partial charge in [0.05, 0.1) is 16.8 Å². The Hall–Kier alpha value is -3.36. The summed E-state index contributed by atoms with van der Waals surface area (Å²) in [6.07, 6.45) is 1.33. The molecule has 2 N–H and O–H groups in total. The van der Waals surface area contributed by atoms with Crippen molar-refractivity contribution < 1.29 is 4.92 Å². The van der Waals surface area contributed by atoms with Crippen molar-refractivity contribution in [3.63, 3.8) is 0 Å². The molecule has 0 aliphatic heterocycles. The van der Waals surface area contributed by atoms with Crippen molar-refractivity contribution in [1.82, 2.24) is 19.9 Å². The van der Waals surface area contributed by atoms with E-state index in [2.05, 4.69) is 15.0 Å². The van der Waals surface area contributed by atoms with Gasteiger partial charge in [0.15, 0.2) is 11.2 Å². The molecule has 0 aliphatic rings. The fourth-order valence-corrected chi connectivity index (χ4v) is 1.86. The van der Waals surface area contributed by atoms with Crippen LogP contribution in [0.2, 0.25) is 0 Å². The molecule has 21 heavy (non-hydrogen) atoms. The van der Waals surface area contributed by atoms with Gasteiger partial charge in [0.25, 0.3) is 11.2 Å². The number of H-pyrrole nitrogens is 2. The first kappa shape index (κ1) is 12.7. The van der Waals surface area contributed by atoms with Crippen molar-refractivity contribution in [2.75, 3.05) is 0 Å². The Kier molecular flexibility index (Phi) is 2.79. The fraction of sp³-hybridized carbons (Fsp3) is 0. The summed E-state index contributed by atoms with van der Waals surface area (Å²) in [6.45, 7) is 0. The van der Waals surface area contributed by atoms with Gasteiger partial charge in [0, 0.05) is 17.7 Å². The van der Waals surface area contributed by atoms with Crippen molar-refractivity contribution in [3.8, 4) is 11.3 Å². The van der Waals surface area contributed by atoms with Crippen LogP contribution in [0.3, 0.4) is 0 Å². The maximum atomic E-state index is 11.7. The topological polar surface area (TPSA) is 135 Å². The Labute approximate surface area is 115 Å². The first-order valence-electron chi connectivity index (χ1n) is 5.79. The molecular formula is C12H7N5O4. The first-order chi connectivity index (χ1) is 10.0. The van der Waals surface area contributed by atoms with Crippen LogP contribution in [0.15, 0.2) is 40.1 Å². The van der Waals surface area contributed by atoms with Gasteiger partial charge in [-0.25, -0.2) is 14.8 Å². The van der Waals surface area contributed by atoms with E-state index in [4.69, 9.17) is 0 Å². The van der Waals surface area contributed by atoms with Gasteiger partial charge in [0.2, 0.25) is 0 Å². The van der Waals surface area contributed by atoms with Gasteiger partial charge in [-0.2, -0.15) is 0 Å². The second-order valence-electron chi connectivity index (χ2n) is 4.17. The molecule has 9 nitrogen and oxygen atoms in total. The van der Waals surface area contributed by atoms with E-state index in [1.54, 1.807) is 6.07 Å². The molecule has 0 aliphatic carbocycles. The first-order valence-corrected chi connectivity index (χ1v) is 5.79. The molecule has 104 valence electrons. The van der Waals surface area contributed by atoms with E-state index in [0.29, 0.717) is 11.3 Å². The lowest BCUT2D eigenvalue weighted by Crippen LogP contribution is -2.23. The Balaban J connectivity index is 2.22. The van der Waals surface area contributed by atoms with Crippen LogP contribution in [0.5, 0.6) is 0 Å². The van der Waals surface area contributed by atoms with Crippen LogP contribution in [0.4, 0.5) is 5.69 Å². The minimum Gasteiger partial charge on any atom is -0.290 e. The van der Waals surface area contributed by atoms with E-state index < -0.39 is 16.2 Å². The summed E-state index contributed by atoms with van der Waals surface area (Å²) < 4.78 is 0. The number of nitro benzene ring substituents is 1. The highest BCUT2D eigenvalue weighted by Gasteiger charge is 2.10. The van der Waals surface area contributed by atoms with E-state index in [9.17, 15) is 19.7 Å². The Morgan fingerprint density at radius 3 is 2.76 bits per heavy atom. The third-order valence-corrected chi connectivity index (χ3v) is 2.80. The zero-order chi connectivity index (χ0) is 15.0. The molecule has 2 heterocycles. The highest BCUT2D eigenvalue weighted by Crippen LogP contribution is 2.22. The van der Waals surface area contributed by atoms with Crippen LogP contribution in [-0.2, 0) is 0 Å². The van der Waals surface area contributed by atoms with Gasteiger partial charge >= 0.3 is 5.69 Å². The van der Waals surface area contributed by atoms with Crippen molar-refractivity contribution in [2.24, 2.45) is 0 Å². The van der Waals surface area contributed by atoms with Crippen LogP contribution in [0.25, 0.3) is 22.4 Å². The number of aromatic nitrogens is 4. The number of nitro groups is 1. The van der Waals surface area contributed by atoms with Crippen molar-refractivity contribution in [2.45, 2.75) is 0 Å². The normalized spacial score (nSPS) is 10.7. The van der Waals surface area contributed by atoms with E-state index in [0.717, 1.165) is 0 Å². The third kappa shape index (κ3) is 2.27. The number of nitrogens with zero attached hydrogens (tertiary/aromatic N) is 3. The Bertz CT molecular complexity index is 975. The molecule has 1 aromatic carbocycles. The van der Waals surface area contributed by atoms with Crippen molar-refractivity contribution in [1.29, 1.82) is 0 Å². The van der Waals surface area contributed by atoms with E-state index >= 15 is 0 Å². The maximum Gasteiger partial charge on any atom is 0.327 e. The Morgan fingerprint density at radius 1 is 1.19 bits per heavy atom. The lowest BCUT2D eigenvalue weighted by atomic mass is 10.1. The highest BCUT2D eigenvalue weighted by molar-refractivity contribution is 5.72. The predicted octanol–water partition coefficient (Wildman–Crippen LogP) is 0.582. The highest BCUT2D eigenvalue weighted by atomic mass is 16.6. The van der Waals surface area contributed by atoms with Gasteiger partial charge in [-0.3, -0.25) is 24.9 Å². The number of benzene rings is 1. The number of nitrogens with one attached hydrogen (secondary N) is 2. The van der Waals surface area contributed by atoms with Crippen molar-refractivity contribution in [3.05, 3.63) is 61.4 Å². The van der Waals surface area contributed by atoms with Crippen LogP contribution in [0.1, 0.15) is 0 Å². The average molecular weight is 285 g/mol. The molecule has 0 fully saturated rings. The quantitative estimate of drug-likeness (QED) is 0.522. The second-order valence-corrected chi connectivity index (χ2v) is 4.17. The van der Waals surface area contributed by atoms with Crippen LogP contribution < -0.4 is 11.2 Å². The predicted molar refractivity (Wildman–Crippen MR) is 72.9 cm³/mol. The minimum atomic E-state index is -0.676. The minimum absolute atomic E-state index is 0.0430. The number of hydrogen-bond donors (Lipinski definition) is 2. The summed E-state index contributed by atoms with van der Waals surface area (Å²) in [6, 6.07) is 5.80. The van der Waals surface area contributed by atoms with Crippen molar-refractivity contribution >= 4 is 16.9 Å². The summed E-state index contributed by atoms with van der Waals surface area (Å²) in [5.74, 6) is 0. The van der Waals surface area contributed by atoms with E-state index in [1.807, 2.05) is 4.98 Å². The molecule has 0 saturated heterocycles. The molecule has 2 aromatic heterocycles. The molecule has 0 saturated carbocycles. The third-order valence-electron chi connectivity index (χ3n) is 2.80. The summed E-state index contributed by atoms with van der Waals surface area (Å²) in [5.41, 5.74) is -0.687. The lowest BCUT2D eigenvalue weighted by molar-refractivity contribution is -0.384. The van der Waals surface area contributed by atoms with Gasteiger partial charge in [-0.1, -0.05) is 12.1 Å². The standard InChI is InChI=1S/C12H7N5O4/c18-11-9-10(15-12(19)16-11)13-5-8(14-9)6-2-1-3-7(4-6)17(20)21/h1-5H,(H2,13,15,16,18,19). The summed E-state index contributed by atoms with van der Waals surface area (Å²) in [4.78, 5) is 45.5. The summed E-state index contributed by atoms with van der Waals surface area (Å²) in [7, 11) is 0. The second kappa shape index (κ2) is 4.63. The zero-order valence-electron chi connectivity index (χ0n) is 10.4. The molecule has 3 aromatic rings. The zero-order valence-corrected chi connectivity index (χ0v) is 10.4. The number of aromatic amines is 2. The number of non-ortho nitro benzene ring substituents is 1. The fourth-order valence-electron chi connectivity index (χ4n) is 1.86. The average Bonchev–Trinajstić information content (AvgIpc) is 2.47. The van der Waals surface area contributed by atoms with Gasteiger partial charge in [-0.15, -0.1) is 0 Å². The van der Waals surface area contributed by atoms with E-state index in [-0.39, 0.29) is 16.9 Å². The monoisotopic (exact) mass is 285 g/mol. The number of fused-ring (bicyclic) bond motifs is 1. The number of hydrogen-bond acceptors (Lipinski definition) is 6. The summed E-state index contributed by atoms with van der Waals surface area (Å²) >= 11 is 0. The molecule has 3 rings (SSSR count). The molecule has 0 atom stereocenters.